The van der Waals surface area contributed by atoms with Gasteiger partial charge in [0.2, 0.25) is 12.7 Å². The van der Waals surface area contributed by atoms with Crippen LogP contribution < -0.4 is 19.5 Å². The van der Waals surface area contributed by atoms with Crippen molar-refractivity contribution >= 4 is 5.82 Å². The van der Waals surface area contributed by atoms with Gasteiger partial charge in [-0.15, -0.1) is 0 Å². The Morgan fingerprint density at radius 2 is 2.05 bits per heavy atom. The normalized spacial score (nSPS) is 12.3. The lowest BCUT2D eigenvalue weighted by Gasteiger charge is -2.09. The first-order valence-corrected chi connectivity index (χ1v) is 6.91. The van der Waals surface area contributed by atoms with Crippen molar-refractivity contribution in [3.05, 3.63) is 30.1 Å². The summed E-state index contributed by atoms with van der Waals surface area (Å²) < 4.78 is 16.4. The van der Waals surface area contributed by atoms with Crippen molar-refractivity contribution in [3.63, 3.8) is 0 Å². The van der Waals surface area contributed by atoms with Crippen LogP contribution in [0.5, 0.6) is 23.1 Å². The first-order chi connectivity index (χ1) is 10.3. The molecule has 0 fully saturated rings. The molecule has 0 amide bonds. The van der Waals surface area contributed by atoms with E-state index in [9.17, 15) is 0 Å². The maximum Gasteiger partial charge on any atom is 0.231 e. The number of nitrogens with zero attached hydrogens (tertiary/aromatic N) is 2. The molecule has 2 heterocycles. The van der Waals surface area contributed by atoms with E-state index >= 15 is 0 Å². The van der Waals surface area contributed by atoms with Crippen molar-refractivity contribution in [1.82, 2.24) is 9.97 Å². The molecule has 6 heteroatoms. The van der Waals surface area contributed by atoms with E-state index < -0.39 is 0 Å². The molecule has 1 aliphatic rings. The lowest BCUT2D eigenvalue weighted by Crippen LogP contribution is -2.01. The third-order valence-corrected chi connectivity index (χ3v) is 3.05. The highest BCUT2D eigenvalue weighted by Crippen LogP contribution is 2.36. The summed E-state index contributed by atoms with van der Waals surface area (Å²) in [4.78, 5) is 8.81. The van der Waals surface area contributed by atoms with Crippen LogP contribution in [0.4, 0.5) is 5.82 Å². The Balaban J connectivity index is 1.85. The second kappa shape index (κ2) is 5.87. The van der Waals surface area contributed by atoms with Crippen molar-refractivity contribution in [3.8, 4) is 23.1 Å². The highest BCUT2D eigenvalue weighted by Gasteiger charge is 2.14. The second-order valence-corrected chi connectivity index (χ2v) is 4.62. The molecule has 0 saturated heterocycles. The lowest BCUT2D eigenvalue weighted by molar-refractivity contribution is 0.174. The first-order valence-electron chi connectivity index (χ1n) is 6.91. The van der Waals surface area contributed by atoms with E-state index in [1.807, 2.05) is 19.2 Å². The summed E-state index contributed by atoms with van der Waals surface area (Å²) in [5, 5.41) is 3.02. The molecule has 1 aliphatic heterocycles. The number of aryl methyl sites for hydroxylation is 1. The highest BCUT2D eigenvalue weighted by molar-refractivity contribution is 5.48. The molecule has 0 saturated carbocycles. The zero-order valence-corrected chi connectivity index (χ0v) is 12.0. The molecule has 0 unspecified atom stereocenters. The monoisotopic (exact) mass is 287 g/mol. The van der Waals surface area contributed by atoms with Gasteiger partial charge in [-0.1, -0.05) is 6.92 Å². The topological polar surface area (TPSA) is 65.5 Å². The predicted octanol–water partition coefficient (Wildman–Crippen LogP) is 2.99. The van der Waals surface area contributed by atoms with E-state index in [4.69, 9.17) is 14.2 Å². The zero-order valence-electron chi connectivity index (χ0n) is 12.0. The third kappa shape index (κ3) is 2.99. The fourth-order valence-corrected chi connectivity index (χ4v) is 2.05. The molecule has 110 valence electrons. The first kappa shape index (κ1) is 13.5. The number of ether oxygens (including phenoxy) is 3. The van der Waals surface area contributed by atoms with Crippen LogP contribution in [0.2, 0.25) is 0 Å². The smallest absolute Gasteiger partial charge is 0.231 e. The number of nitrogens with one attached hydrogen (secondary N) is 1. The van der Waals surface area contributed by atoms with Crippen LogP contribution in [0.15, 0.2) is 24.3 Å². The number of aromatic nitrogens is 2. The van der Waals surface area contributed by atoms with Crippen molar-refractivity contribution in [2.45, 2.75) is 19.8 Å². The average Bonchev–Trinajstić information content (AvgIpc) is 2.95. The maximum absolute atomic E-state index is 5.81. The van der Waals surface area contributed by atoms with Crippen molar-refractivity contribution in [1.29, 1.82) is 0 Å². The van der Waals surface area contributed by atoms with Gasteiger partial charge in [-0.05, 0) is 18.6 Å². The van der Waals surface area contributed by atoms with Crippen molar-refractivity contribution < 1.29 is 14.2 Å². The van der Waals surface area contributed by atoms with Gasteiger partial charge < -0.3 is 19.5 Å². The second-order valence-electron chi connectivity index (χ2n) is 4.62. The molecular weight excluding hydrogens is 270 g/mol. The summed E-state index contributed by atoms with van der Waals surface area (Å²) in [6, 6.07) is 7.21. The summed E-state index contributed by atoms with van der Waals surface area (Å²) in [6.45, 7) is 2.34. The van der Waals surface area contributed by atoms with Crippen LogP contribution >= 0.6 is 0 Å². The van der Waals surface area contributed by atoms with Crippen molar-refractivity contribution in [2.24, 2.45) is 0 Å². The molecular formula is C15H17N3O3. The lowest BCUT2D eigenvalue weighted by atomic mass is 10.3. The molecule has 1 aromatic carbocycles. The van der Waals surface area contributed by atoms with Crippen molar-refractivity contribution in [2.75, 3.05) is 19.2 Å². The Morgan fingerprint density at radius 3 is 2.86 bits per heavy atom. The minimum atomic E-state index is 0.247. The molecule has 1 aromatic heterocycles. The maximum atomic E-state index is 5.81. The molecule has 6 nitrogen and oxygen atoms in total. The minimum absolute atomic E-state index is 0.247. The van der Waals surface area contributed by atoms with Gasteiger partial charge in [-0.2, -0.15) is 4.98 Å². The molecule has 0 spiro atoms. The van der Waals surface area contributed by atoms with E-state index in [-0.39, 0.29) is 6.79 Å². The van der Waals surface area contributed by atoms with E-state index in [0.29, 0.717) is 17.4 Å². The fourth-order valence-electron chi connectivity index (χ4n) is 2.05. The number of hydrogen-bond donors (Lipinski definition) is 1. The Labute approximate surface area is 123 Å². The van der Waals surface area contributed by atoms with Crippen LogP contribution in [0, 0.1) is 0 Å². The quantitative estimate of drug-likeness (QED) is 0.912. The summed E-state index contributed by atoms with van der Waals surface area (Å²) in [5.41, 5.74) is 0. The third-order valence-electron chi connectivity index (χ3n) is 3.05. The molecule has 3 rings (SSSR count). The average molecular weight is 287 g/mol. The van der Waals surface area contributed by atoms with E-state index in [1.165, 1.54) is 0 Å². The molecule has 0 aliphatic carbocycles. The Bertz CT molecular complexity index is 646. The Morgan fingerprint density at radius 1 is 1.19 bits per heavy atom. The van der Waals surface area contributed by atoms with Gasteiger partial charge in [0.15, 0.2) is 11.5 Å². The van der Waals surface area contributed by atoms with Crippen LogP contribution in [-0.4, -0.2) is 23.8 Å². The van der Waals surface area contributed by atoms with Gasteiger partial charge in [0.25, 0.3) is 0 Å². The Hall–Kier alpha value is -2.50. The van der Waals surface area contributed by atoms with Gasteiger partial charge in [0.1, 0.15) is 17.4 Å². The molecule has 1 N–H and O–H groups in total. The van der Waals surface area contributed by atoms with Gasteiger partial charge in [-0.25, -0.2) is 4.98 Å². The SMILES string of the molecule is CCCc1nc(NC)cc(Oc2ccc3c(c2)OCO3)n1. The van der Waals surface area contributed by atoms with Crippen LogP contribution in [0.3, 0.4) is 0 Å². The summed E-state index contributed by atoms with van der Waals surface area (Å²) in [6.07, 6.45) is 1.80. The largest absolute Gasteiger partial charge is 0.454 e. The molecule has 21 heavy (non-hydrogen) atoms. The summed E-state index contributed by atoms with van der Waals surface area (Å²) in [5.74, 6) is 4.08. The number of benzene rings is 1. The molecule has 0 atom stereocenters. The Kier molecular flexibility index (Phi) is 3.77. The van der Waals surface area contributed by atoms with Gasteiger partial charge >= 0.3 is 0 Å². The minimum Gasteiger partial charge on any atom is -0.454 e. The van der Waals surface area contributed by atoms with Crippen LogP contribution in [0.25, 0.3) is 0 Å². The van der Waals surface area contributed by atoms with E-state index in [2.05, 4.69) is 22.2 Å². The van der Waals surface area contributed by atoms with Gasteiger partial charge in [0, 0.05) is 25.6 Å². The standard InChI is InChI=1S/C15H17N3O3/c1-3-4-13-17-14(16-2)8-15(18-13)21-10-5-6-11-12(7-10)20-9-19-11/h5-8H,3-4,9H2,1-2H3,(H,16,17,18). The highest BCUT2D eigenvalue weighted by atomic mass is 16.7. The molecule has 2 aromatic rings. The summed E-state index contributed by atoms with van der Waals surface area (Å²) in [7, 11) is 1.82. The van der Waals surface area contributed by atoms with Gasteiger partial charge in [-0.3, -0.25) is 0 Å². The van der Waals surface area contributed by atoms with E-state index in [1.54, 1.807) is 12.1 Å². The van der Waals surface area contributed by atoms with E-state index in [0.717, 1.165) is 30.2 Å². The zero-order chi connectivity index (χ0) is 14.7. The molecule has 0 bridgehead atoms. The fraction of sp³-hybridized carbons (Fsp3) is 0.333. The van der Waals surface area contributed by atoms with Crippen LogP contribution in [0.1, 0.15) is 19.2 Å². The number of hydrogen-bond acceptors (Lipinski definition) is 6. The number of rotatable bonds is 5. The predicted molar refractivity (Wildman–Crippen MR) is 78.2 cm³/mol. The molecule has 0 radical (unpaired) electrons. The van der Waals surface area contributed by atoms with Gasteiger partial charge in [0.05, 0.1) is 0 Å². The number of fused-ring (bicyclic) bond motifs is 1. The summed E-state index contributed by atoms with van der Waals surface area (Å²) >= 11 is 0. The number of anilines is 1. The van der Waals surface area contributed by atoms with Crippen LogP contribution in [-0.2, 0) is 6.42 Å².